The van der Waals surface area contributed by atoms with Crippen molar-refractivity contribution in [2.45, 2.75) is 58.0 Å². The Morgan fingerprint density at radius 1 is 1.12 bits per heavy atom. The lowest BCUT2D eigenvalue weighted by molar-refractivity contribution is 0.171. The zero-order chi connectivity index (χ0) is 23.0. The van der Waals surface area contributed by atoms with Crippen LogP contribution in [-0.2, 0) is 0 Å². The lowest BCUT2D eigenvalue weighted by atomic mass is 9.78. The molecule has 0 saturated heterocycles. The normalized spacial score (nSPS) is 21.6. The van der Waals surface area contributed by atoms with E-state index in [1.165, 1.54) is 37.6 Å². The third-order valence-electron chi connectivity index (χ3n) is 6.63. The molecular formula is C25H30N6OS. The van der Waals surface area contributed by atoms with E-state index in [0.717, 1.165) is 28.6 Å². The number of hydrogen-bond donors (Lipinski definition) is 2. The highest BCUT2D eigenvalue weighted by Crippen LogP contribution is 2.40. The molecule has 1 aromatic carbocycles. The van der Waals surface area contributed by atoms with E-state index in [9.17, 15) is 0 Å². The van der Waals surface area contributed by atoms with Gasteiger partial charge in [0.1, 0.15) is 11.9 Å². The Morgan fingerprint density at radius 2 is 1.88 bits per heavy atom. The quantitative estimate of drug-likeness (QED) is 0.519. The number of benzene rings is 1. The topological polar surface area (TPSA) is 98.3 Å². The average Bonchev–Trinajstić information content (AvgIpc) is 3.22. The molecule has 3 aromatic rings. The Balaban J connectivity index is 1.24. The van der Waals surface area contributed by atoms with Gasteiger partial charge in [0.2, 0.25) is 5.88 Å². The van der Waals surface area contributed by atoms with Gasteiger partial charge in [0.15, 0.2) is 16.6 Å². The summed E-state index contributed by atoms with van der Waals surface area (Å²) in [6.07, 6.45) is 6.34. The molecule has 1 aliphatic heterocycles. The van der Waals surface area contributed by atoms with E-state index in [0.29, 0.717) is 29.2 Å². The van der Waals surface area contributed by atoms with Crippen LogP contribution in [0.25, 0.3) is 0 Å². The summed E-state index contributed by atoms with van der Waals surface area (Å²) in [4.78, 5) is 17.5. The van der Waals surface area contributed by atoms with Crippen molar-refractivity contribution in [3.05, 3.63) is 52.8 Å². The number of aromatic nitrogens is 3. The molecule has 0 amide bonds. The van der Waals surface area contributed by atoms with Gasteiger partial charge in [0, 0.05) is 17.5 Å². The number of nitrogens with one attached hydrogen (secondary N) is 1. The van der Waals surface area contributed by atoms with Gasteiger partial charge in [-0.15, -0.1) is 11.3 Å². The Kier molecular flexibility index (Phi) is 5.78. The first-order valence-corrected chi connectivity index (χ1v) is 12.4. The fourth-order valence-electron chi connectivity index (χ4n) is 4.78. The second-order valence-corrected chi connectivity index (χ2v) is 10.4. The molecule has 1 saturated carbocycles. The molecule has 0 atom stereocenters. The molecule has 1 fully saturated rings. The zero-order valence-electron chi connectivity index (χ0n) is 19.3. The molecule has 0 radical (unpaired) electrons. The summed E-state index contributed by atoms with van der Waals surface area (Å²) in [5, 5.41) is 6.65. The van der Waals surface area contributed by atoms with E-state index in [2.05, 4.69) is 49.9 Å². The maximum Gasteiger partial charge on any atom is 0.246 e. The second-order valence-electron chi connectivity index (χ2n) is 9.50. The minimum Gasteiger partial charge on any atom is -0.463 e. The minimum atomic E-state index is -0.601. The summed E-state index contributed by atoms with van der Waals surface area (Å²) < 4.78 is 6.11. The van der Waals surface area contributed by atoms with Crippen molar-refractivity contribution in [2.75, 3.05) is 17.6 Å². The standard InChI is InChI=1S/C25H30N6OS/c1-15-13-33-24(30-15)27-12-16-4-6-17(7-5-16)18-8-10-19(11-9-18)21-25(2,3)32-23-20(31-21)22(26)28-14-29-23/h8-11,13-14,16-17H,4-7,12H2,1-3H3,(H,27,30)(H2,26,28,29). The van der Waals surface area contributed by atoms with Crippen LogP contribution in [0.3, 0.4) is 0 Å². The van der Waals surface area contributed by atoms with Crippen molar-refractivity contribution >= 4 is 33.7 Å². The molecule has 0 bridgehead atoms. The Hall–Kier alpha value is -3.00. The maximum absolute atomic E-state index is 6.11. The highest BCUT2D eigenvalue weighted by atomic mass is 32.1. The monoisotopic (exact) mass is 462 g/mol. The summed E-state index contributed by atoms with van der Waals surface area (Å²) in [6, 6.07) is 8.80. The number of hydrogen-bond acceptors (Lipinski definition) is 8. The molecular weight excluding hydrogens is 432 g/mol. The summed E-state index contributed by atoms with van der Waals surface area (Å²) in [6.45, 7) is 7.06. The number of anilines is 2. The molecule has 3 heterocycles. The molecule has 3 N–H and O–H groups in total. The highest BCUT2D eigenvalue weighted by molar-refractivity contribution is 7.13. The van der Waals surface area contributed by atoms with Gasteiger partial charge in [0.05, 0.1) is 11.4 Å². The largest absolute Gasteiger partial charge is 0.463 e. The first kappa shape index (κ1) is 21.8. The maximum atomic E-state index is 6.11. The molecule has 2 aromatic heterocycles. The molecule has 172 valence electrons. The molecule has 1 aliphatic carbocycles. The van der Waals surface area contributed by atoms with Crippen molar-refractivity contribution in [3.63, 3.8) is 0 Å². The Morgan fingerprint density at radius 3 is 2.58 bits per heavy atom. The summed E-state index contributed by atoms with van der Waals surface area (Å²) in [5.41, 5.74) is 10.3. The first-order chi connectivity index (χ1) is 15.9. The Labute approximate surface area is 198 Å². The van der Waals surface area contributed by atoms with Crippen LogP contribution < -0.4 is 15.8 Å². The van der Waals surface area contributed by atoms with Crippen molar-refractivity contribution in [1.29, 1.82) is 0 Å². The van der Waals surface area contributed by atoms with Gasteiger partial charge in [0.25, 0.3) is 0 Å². The molecule has 2 aliphatic rings. The number of nitrogens with two attached hydrogens (primary N) is 1. The fraction of sp³-hybridized carbons (Fsp3) is 0.440. The van der Waals surface area contributed by atoms with E-state index >= 15 is 0 Å². The van der Waals surface area contributed by atoms with Crippen LogP contribution in [0.4, 0.5) is 16.6 Å². The van der Waals surface area contributed by atoms with Crippen LogP contribution in [0.1, 0.15) is 62.3 Å². The van der Waals surface area contributed by atoms with E-state index in [1.807, 2.05) is 20.8 Å². The molecule has 0 spiro atoms. The van der Waals surface area contributed by atoms with Crippen molar-refractivity contribution in [1.82, 2.24) is 15.0 Å². The third-order valence-corrected chi connectivity index (χ3v) is 7.54. The van der Waals surface area contributed by atoms with Crippen LogP contribution in [0.5, 0.6) is 5.88 Å². The number of nitrogen functional groups attached to an aromatic ring is 1. The minimum absolute atomic E-state index is 0.334. The average molecular weight is 463 g/mol. The predicted octanol–water partition coefficient (Wildman–Crippen LogP) is 5.50. The van der Waals surface area contributed by atoms with Gasteiger partial charge >= 0.3 is 0 Å². The van der Waals surface area contributed by atoms with Gasteiger partial charge < -0.3 is 15.8 Å². The molecule has 7 nitrogen and oxygen atoms in total. The van der Waals surface area contributed by atoms with E-state index < -0.39 is 5.60 Å². The third kappa shape index (κ3) is 4.57. The van der Waals surface area contributed by atoms with Crippen molar-refractivity contribution in [2.24, 2.45) is 10.9 Å². The van der Waals surface area contributed by atoms with E-state index in [1.54, 1.807) is 11.3 Å². The van der Waals surface area contributed by atoms with E-state index in [-0.39, 0.29) is 0 Å². The number of ether oxygens (including phenoxy) is 1. The highest BCUT2D eigenvalue weighted by Gasteiger charge is 2.35. The summed E-state index contributed by atoms with van der Waals surface area (Å²) in [5.74, 6) is 2.09. The SMILES string of the molecule is Cc1csc(NCC2CCC(c3ccc(C4=Nc5c(N)ncnc5OC4(C)C)cc3)CC2)n1. The number of rotatable bonds is 5. The fourth-order valence-corrected chi connectivity index (χ4v) is 5.48. The van der Waals surface area contributed by atoms with Crippen molar-refractivity contribution < 1.29 is 4.74 Å². The smallest absolute Gasteiger partial charge is 0.246 e. The van der Waals surface area contributed by atoms with Crippen molar-refractivity contribution in [3.8, 4) is 5.88 Å². The van der Waals surface area contributed by atoms with Gasteiger partial charge in [-0.2, -0.15) is 4.98 Å². The van der Waals surface area contributed by atoms with Gasteiger partial charge in [-0.25, -0.2) is 15.0 Å². The molecule has 0 unspecified atom stereocenters. The number of thiazole rings is 1. The molecule has 8 heteroatoms. The summed E-state index contributed by atoms with van der Waals surface area (Å²) >= 11 is 1.69. The molecule has 5 rings (SSSR count). The van der Waals surface area contributed by atoms with Crippen LogP contribution in [0, 0.1) is 12.8 Å². The molecule has 33 heavy (non-hydrogen) atoms. The number of fused-ring (bicyclic) bond motifs is 1. The van der Waals surface area contributed by atoms with Gasteiger partial charge in [-0.1, -0.05) is 24.3 Å². The second kappa shape index (κ2) is 8.74. The lowest BCUT2D eigenvalue weighted by Crippen LogP contribution is -2.41. The van der Waals surface area contributed by atoms with Crippen LogP contribution in [0.2, 0.25) is 0 Å². The number of aliphatic imine (C=N–C) groups is 1. The number of aryl methyl sites for hydroxylation is 1. The Bertz CT molecular complexity index is 1160. The van der Waals surface area contributed by atoms with Crippen LogP contribution >= 0.6 is 11.3 Å². The summed E-state index contributed by atoms with van der Waals surface area (Å²) in [7, 11) is 0. The van der Waals surface area contributed by atoms with E-state index in [4.69, 9.17) is 15.5 Å². The van der Waals surface area contributed by atoms with Gasteiger partial charge in [-0.05, 0) is 63.9 Å². The first-order valence-electron chi connectivity index (χ1n) is 11.5. The van der Waals surface area contributed by atoms with Crippen LogP contribution in [-0.4, -0.2) is 32.8 Å². The number of nitrogens with zero attached hydrogens (tertiary/aromatic N) is 4. The van der Waals surface area contributed by atoms with Gasteiger partial charge in [-0.3, -0.25) is 0 Å². The zero-order valence-corrected chi connectivity index (χ0v) is 20.2. The predicted molar refractivity (Wildman–Crippen MR) is 134 cm³/mol. The lowest BCUT2D eigenvalue weighted by Gasteiger charge is -2.32. The van der Waals surface area contributed by atoms with Crippen LogP contribution in [0.15, 0.2) is 41.0 Å².